The molecule has 1 aromatic rings. The zero-order valence-corrected chi connectivity index (χ0v) is 10.9. The van der Waals surface area contributed by atoms with Crippen molar-refractivity contribution in [2.75, 3.05) is 13.1 Å². The number of carbonyl (C=O) groups is 1. The van der Waals surface area contributed by atoms with E-state index in [1.54, 1.807) is 4.90 Å². The largest absolute Gasteiger partial charge is 0.338 e. The first-order chi connectivity index (χ1) is 9.56. The van der Waals surface area contributed by atoms with Crippen LogP contribution in [0.4, 0.5) is 10.1 Å². The van der Waals surface area contributed by atoms with E-state index in [9.17, 15) is 19.3 Å². The minimum atomic E-state index is -0.912. The van der Waals surface area contributed by atoms with E-state index in [0.717, 1.165) is 25.0 Å². The second-order valence-electron chi connectivity index (χ2n) is 5.58. The first-order valence-corrected chi connectivity index (χ1v) is 6.79. The normalized spacial score (nSPS) is 24.8. The van der Waals surface area contributed by atoms with Crippen LogP contribution in [0, 0.1) is 27.8 Å². The second-order valence-corrected chi connectivity index (χ2v) is 5.58. The number of nitro groups is 1. The lowest BCUT2D eigenvalue weighted by atomic mass is 10.0. The Morgan fingerprint density at radius 1 is 1.30 bits per heavy atom. The minimum Gasteiger partial charge on any atom is -0.338 e. The molecule has 1 aromatic carbocycles. The van der Waals surface area contributed by atoms with Crippen LogP contribution >= 0.6 is 0 Å². The van der Waals surface area contributed by atoms with Crippen LogP contribution in [0.1, 0.15) is 29.6 Å². The average Bonchev–Trinajstić information content (AvgIpc) is 2.98. The highest BCUT2D eigenvalue weighted by Crippen LogP contribution is 2.38. The molecule has 1 aliphatic heterocycles. The van der Waals surface area contributed by atoms with E-state index in [-0.39, 0.29) is 11.5 Å². The topological polar surface area (TPSA) is 63.4 Å². The number of rotatable bonds is 2. The molecule has 5 nitrogen and oxygen atoms in total. The van der Waals surface area contributed by atoms with Crippen LogP contribution in [-0.4, -0.2) is 28.8 Å². The van der Waals surface area contributed by atoms with Gasteiger partial charge in [0.25, 0.3) is 5.91 Å². The number of nitrogens with zero attached hydrogens (tertiary/aromatic N) is 2. The van der Waals surface area contributed by atoms with Gasteiger partial charge in [0.05, 0.1) is 4.92 Å². The Balaban J connectivity index is 1.81. The molecule has 2 unspecified atom stereocenters. The number of halogens is 1. The van der Waals surface area contributed by atoms with Crippen LogP contribution in [0.5, 0.6) is 0 Å². The number of hydrogen-bond donors (Lipinski definition) is 0. The van der Waals surface area contributed by atoms with E-state index < -0.39 is 16.4 Å². The van der Waals surface area contributed by atoms with Crippen LogP contribution in [-0.2, 0) is 0 Å². The van der Waals surface area contributed by atoms with Gasteiger partial charge in [-0.25, -0.2) is 0 Å². The molecule has 1 saturated heterocycles. The first kappa shape index (κ1) is 13.0. The summed E-state index contributed by atoms with van der Waals surface area (Å²) in [6.07, 6.45) is 3.52. The summed E-state index contributed by atoms with van der Waals surface area (Å²) in [6.45, 7) is 1.43. The number of amides is 1. The van der Waals surface area contributed by atoms with Crippen LogP contribution in [0.2, 0.25) is 0 Å². The third kappa shape index (κ3) is 2.15. The second kappa shape index (κ2) is 4.85. The fourth-order valence-electron chi connectivity index (χ4n) is 3.37. The Labute approximate surface area is 115 Å². The molecule has 3 rings (SSSR count). The minimum absolute atomic E-state index is 0.193. The predicted octanol–water partition coefficient (Wildman–Crippen LogP) is 2.61. The molecule has 0 radical (unpaired) electrons. The lowest BCUT2D eigenvalue weighted by molar-refractivity contribution is -0.387. The van der Waals surface area contributed by atoms with E-state index in [2.05, 4.69) is 0 Å². The van der Waals surface area contributed by atoms with E-state index in [1.807, 2.05) is 0 Å². The van der Waals surface area contributed by atoms with Gasteiger partial charge in [0.15, 0.2) is 0 Å². The average molecular weight is 278 g/mol. The lowest BCUT2D eigenvalue weighted by Gasteiger charge is -2.17. The van der Waals surface area contributed by atoms with Gasteiger partial charge >= 0.3 is 5.69 Å². The maximum atomic E-state index is 13.3. The van der Waals surface area contributed by atoms with Crippen molar-refractivity contribution >= 4 is 11.6 Å². The van der Waals surface area contributed by atoms with Gasteiger partial charge in [-0.3, -0.25) is 14.9 Å². The standard InChI is InChI=1S/C14H15FN2O3/c15-12-5-4-9(6-13(12)17(19)20)14(18)16-7-10-2-1-3-11(10)8-16/h4-6,10-11H,1-3,7-8H2. The van der Waals surface area contributed by atoms with Gasteiger partial charge in [0, 0.05) is 24.7 Å². The summed E-state index contributed by atoms with van der Waals surface area (Å²) in [7, 11) is 0. The summed E-state index contributed by atoms with van der Waals surface area (Å²) >= 11 is 0. The number of likely N-dealkylation sites (tertiary alicyclic amines) is 1. The molecule has 1 saturated carbocycles. The number of nitro benzene ring substituents is 1. The van der Waals surface area contributed by atoms with Gasteiger partial charge in [-0.2, -0.15) is 4.39 Å². The number of benzene rings is 1. The fourth-order valence-corrected chi connectivity index (χ4v) is 3.37. The molecule has 6 heteroatoms. The quantitative estimate of drug-likeness (QED) is 0.617. The molecule has 2 fully saturated rings. The van der Waals surface area contributed by atoms with Crippen LogP contribution in [0.25, 0.3) is 0 Å². The van der Waals surface area contributed by atoms with Crippen molar-refractivity contribution in [3.05, 3.63) is 39.7 Å². The molecule has 106 valence electrons. The van der Waals surface area contributed by atoms with Crippen molar-refractivity contribution in [1.29, 1.82) is 0 Å². The molecule has 2 atom stereocenters. The summed E-state index contributed by atoms with van der Waals surface area (Å²) in [4.78, 5) is 24.0. The first-order valence-electron chi connectivity index (χ1n) is 6.79. The van der Waals surface area contributed by atoms with Crippen molar-refractivity contribution < 1.29 is 14.1 Å². The summed E-state index contributed by atoms with van der Waals surface area (Å²) in [5.74, 6) is -0.0175. The van der Waals surface area contributed by atoms with Crippen molar-refractivity contribution in [3.8, 4) is 0 Å². The molecule has 1 heterocycles. The smallest absolute Gasteiger partial charge is 0.305 e. The molecule has 20 heavy (non-hydrogen) atoms. The molecule has 0 spiro atoms. The van der Waals surface area contributed by atoms with Crippen LogP contribution in [0.3, 0.4) is 0 Å². The number of hydrogen-bond acceptors (Lipinski definition) is 3. The Bertz CT molecular complexity index is 564. The monoisotopic (exact) mass is 278 g/mol. The van der Waals surface area contributed by atoms with Gasteiger partial charge in [0.2, 0.25) is 5.82 Å². The van der Waals surface area contributed by atoms with Gasteiger partial charge in [-0.1, -0.05) is 6.42 Å². The Morgan fingerprint density at radius 2 is 1.95 bits per heavy atom. The maximum Gasteiger partial charge on any atom is 0.305 e. The summed E-state index contributed by atoms with van der Waals surface area (Å²) in [5.41, 5.74) is -0.451. The SMILES string of the molecule is O=C(c1ccc(F)c([N+](=O)[O-])c1)N1CC2CCCC2C1. The maximum absolute atomic E-state index is 13.3. The Kier molecular flexibility index (Phi) is 3.16. The predicted molar refractivity (Wildman–Crippen MR) is 69.8 cm³/mol. The summed E-state index contributed by atoms with van der Waals surface area (Å²) in [6, 6.07) is 3.34. The Morgan fingerprint density at radius 3 is 2.55 bits per heavy atom. The van der Waals surface area contributed by atoms with Crippen molar-refractivity contribution in [3.63, 3.8) is 0 Å². The van der Waals surface area contributed by atoms with E-state index >= 15 is 0 Å². The van der Waals surface area contributed by atoms with E-state index in [0.29, 0.717) is 24.9 Å². The molecule has 0 bridgehead atoms. The molecule has 2 aliphatic rings. The fraction of sp³-hybridized carbons (Fsp3) is 0.500. The lowest BCUT2D eigenvalue weighted by Crippen LogP contribution is -2.29. The molecular weight excluding hydrogens is 263 g/mol. The molecule has 0 aromatic heterocycles. The molecule has 1 aliphatic carbocycles. The highest BCUT2D eigenvalue weighted by Gasteiger charge is 2.38. The van der Waals surface area contributed by atoms with E-state index in [1.165, 1.54) is 12.5 Å². The van der Waals surface area contributed by atoms with Crippen molar-refractivity contribution in [1.82, 2.24) is 4.90 Å². The molecule has 1 amide bonds. The van der Waals surface area contributed by atoms with Crippen LogP contribution in [0.15, 0.2) is 18.2 Å². The van der Waals surface area contributed by atoms with Gasteiger partial charge in [-0.15, -0.1) is 0 Å². The zero-order valence-electron chi connectivity index (χ0n) is 10.9. The van der Waals surface area contributed by atoms with E-state index in [4.69, 9.17) is 0 Å². The zero-order chi connectivity index (χ0) is 14.3. The van der Waals surface area contributed by atoms with Crippen molar-refractivity contribution in [2.24, 2.45) is 11.8 Å². The molecular formula is C14H15FN2O3. The highest BCUT2D eigenvalue weighted by atomic mass is 19.1. The Hall–Kier alpha value is -1.98. The number of carbonyl (C=O) groups excluding carboxylic acids is 1. The van der Waals surface area contributed by atoms with Gasteiger partial charge in [-0.05, 0) is 36.8 Å². The van der Waals surface area contributed by atoms with Gasteiger partial charge in [0.1, 0.15) is 0 Å². The van der Waals surface area contributed by atoms with Crippen LogP contribution < -0.4 is 0 Å². The summed E-state index contributed by atoms with van der Waals surface area (Å²) < 4.78 is 13.3. The van der Waals surface area contributed by atoms with Crippen molar-refractivity contribution in [2.45, 2.75) is 19.3 Å². The third-order valence-corrected chi connectivity index (χ3v) is 4.40. The van der Waals surface area contributed by atoms with Gasteiger partial charge < -0.3 is 4.90 Å². The molecule has 0 N–H and O–H groups in total. The summed E-state index contributed by atoms with van der Waals surface area (Å²) in [5, 5.41) is 10.7. The number of fused-ring (bicyclic) bond motifs is 1. The highest BCUT2D eigenvalue weighted by molar-refractivity contribution is 5.95. The third-order valence-electron chi connectivity index (χ3n) is 4.40.